The van der Waals surface area contributed by atoms with Crippen molar-refractivity contribution in [3.8, 4) is 42.8 Å². The van der Waals surface area contributed by atoms with Crippen LogP contribution in [0.5, 0.6) is 5.75 Å². The lowest BCUT2D eigenvalue weighted by molar-refractivity contribution is -0.883. The number of imide groups is 1. The third kappa shape index (κ3) is 101. The molecule has 0 spiro atoms. The molecule has 0 unspecified atom stereocenters. The Morgan fingerprint density at radius 1 is 0.547 bits per heavy atom. The summed E-state index contributed by atoms with van der Waals surface area (Å²) in [5, 5.41) is 24.9. The molecule has 1 heterocycles. The summed E-state index contributed by atoms with van der Waals surface area (Å²) in [6.07, 6.45) is 30.8. The predicted octanol–water partition coefficient (Wildman–Crippen LogP) is 23.7. The van der Waals surface area contributed by atoms with Crippen LogP contribution >= 0.6 is 48.8 Å². The van der Waals surface area contributed by atoms with E-state index >= 15 is 0 Å². The summed E-state index contributed by atoms with van der Waals surface area (Å²) < 4.78 is 21.7. The van der Waals surface area contributed by atoms with Gasteiger partial charge in [0.1, 0.15) is 18.9 Å². The molecular weight excluding hydrogens is 1800 g/mol. The van der Waals surface area contributed by atoms with Gasteiger partial charge in [-0.15, -0.1) is 48.7 Å². The zero-order chi connectivity index (χ0) is 106. The van der Waals surface area contributed by atoms with E-state index in [1.54, 1.807) is 81.3 Å². The molecule has 5 N–H and O–H groups in total. The number of hydrogen-bond acceptors (Lipinski definition) is 20. The van der Waals surface area contributed by atoms with Crippen LogP contribution in [0.4, 0.5) is 0 Å². The van der Waals surface area contributed by atoms with Gasteiger partial charge in [-0.2, -0.15) is 24.4 Å². The fraction of sp³-hybridized carbons (Fsp3) is 0.500. The van der Waals surface area contributed by atoms with Crippen LogP contribution in [0.2, 0.25) is 0 Å². The van der Waals surface area contributed by atoms with Crippen LogP contribution in [-0.2, 0) is 47.8 Å². The predicted molar refractivity (Wildman–Crippen MR) is 587 cm³/mol. The first-order chi connectivity index (χ1) is 64.5. The molecule has 0 atom stereocenters. The maximum absolute atomic E-state index is 11.7. The number of ketones is 2. The summed E-state index contributed by atoms with van der Waals surface area (Å²) in [6.45, 7) is 41.7. The molecule has 1 aliphatic heterocycles. The van der Waals surface area contributed by atoms with Crippen LogP contribution in [0.1, 0.15) is 238 Å². The standard InChI is InChI=1S/C13H12O4.C10H10O.C9H18N.C9H8.C8H8O2.C8H10S.C7H9NO4.C7H18N.C7H8S.C7H8.C6H15N.C5H12O3.C4H10S.C3H9N.C3H6O2.C3H8S.C2H6.CH4/c1-8-2-4-9(5-3-8)13(16)17-12-10(14)6-7-11(12)15;1-3-8-11-10-6-4-9(2)5-7-10;1-5-7-9-10(3,4)8-6-2;1-3-9-6-4-8(2)5-7-9;1-6-2-4-7(5-3-6)8(9)10;1-7-3-5-8(9-2)6-4-7;1-2-7(11)12-8-5(9)3-4-6(8)10;1-5-6-7-8(2,3)4;1-6-2-4-7(8)5-3-6;1-7-5-3-2-4-6-7;1-4-5-6-7(2)3;1-7-4-5-8-3-2-6;1-3-4-5-2;1-2-3-4;1-2-3(4)5;1-2-3-4;1-2;/h2-5,12H,6-7H2,1H3;1,4-7H,8H2,2H3;2H,5,7-9H2,1,3-4H3;1,4-7H,2H3;2-5H,1H3,(H,9,10);3-6H,1-2H3;2-4H2,1H3;5-7H2,1-4H3;2-5,8H,1H3;2-6H,1H3;4-6H2,1-3H3;6H,2-5H2,1H3;3-4H2,1-2H3;2-4H2,1H3;2H2,1H3,(H,4,5);4H,2-3H2,1H3;1-2H3;1H4/q;;+1;;;;;+1;;;;;;;;;;. The Morgan fingerprint density at radius 3 is 1.26 bits per heavy atom. The molecule has 770 valence electrons. The number of carbonyl (C=O) groups is 8. The van der Waals surface area contributed by atoms with Gasteiger partial charge in [0.2, 0.25) is 6.10 Å². The number of terminal acetylenes is 3. The van der Waals surface area contributed by atoms with Gasteiger partial charge in [0.25, 0.3) is 11.8 Å². The summed E-state index contributed by atoms with van der Waals surface area (Å²) in [5.74, 6) is 6.48. The van der Waals surface area contributed by atoms with Crippen molar-refractivity contribution in [3.05, 3.63) is 232 Å². The number of aliphatic carboxylic acids is 1. The van der Waals surface area contributed by atoms with Gasteiger partial charge in [0.05, 0.1) is 85.9 Å². The number of Topliss-reactive ketones (excluding diaryl/α,β-unsaturated/α-hetero) is 2. The fourth-order valence-corrected chi connectivity index (χ4v) is 9.87. The number of rotatable bonds is 28. The van der Waals surface area contributed by atoms with Crippen LogP contribution in [0.25, 0.3) is 0 Å². The Kier molecular flexibility index (Phi) is 107. The molecule has 0 bridgehead atoms. The molecule has 7 aromatic carbocycles. The van der Waals surface area contributed by atoms with Crippen LogP contribution in [0.15, 0.2) is 186 Å². The fourth-order valence-electron chi connectivity index (χ4n) is 8.90. The number of esters is 1. The van der Waals surface area contributed by atoms with Crippen LogP contribution in [0, 0.1) is 85.5 Å². The SMILES string of the molecule is C.C#CCOc1ccc(C)cc1.C#CC[N+](C)(C)CCCC.C#Cc1ccc(C)cc1.CC.CCC(=O)O.CCC(=O)ON1C(=O)CCC1=O.CCCCN(C)C.CCCC[N+](C)(C)C.CCCN.CCCS.CCCSC.COCCOCCO.CSc1ccc(C)cc1.Cc1ccc(C(=O)O)cc1.Cc1ccc(C(=O)OC2C(=O)CCC2=O)cc1.Cc1ccc(S)cc1.Cc1ccccc1. The number of hydrogen-bond donors (Lipinski definition) is 6. The summed E-state index contributed by atoms with van der Waals surface area (Å²) in [5.41, 5.74) is 15.2. The van der Waals surface area contributed by atoms with Crippen LogP contribution < -0.4 is 10.5 Å². The number of aromatic carboxylic acids is 1. The zero-order valence-electron chi connectivity index (χ0n) is 87.9. The number of thioether (sulfide) groups is 2. The minimum atomic E-state index is -1.19. The Balaban J connectivity index is -0.000000184. The number of nitrogens with two attached hydrogens (primary N) is 1. The van der Waals surface area contributed by atoms with E-state index in [1.807, 2.05) is 144 Å². The number of carbonyl (C=O) groups excluding carboxylic acids is 6. The lowest BCUT2D eigenvalue weighted by atomic mass is 10.1. The number of aliphatic hydroxyl groups is 1. The molecule has 1 saturated heterocycles. The molecule has 0 aromatic heterocycles. The van der Waals surface area contributed by atoms with Crippen molar-refractivity contribution >= 4 is 96.0 Å². The number of unbranched alkanes of at least 4 members (excludes halogenated alkanes) is 3. The van der Waals surface area contributed by atoms with E-state index < -0.39 is 41.8 Å². The molecule has 2 amide bonds. The van der Waals surface area contributed by atoms with Gasteiger partial charge in [-0.25, -0.2) is 14.4 Å². The van der Waals surface area contributed by atoms with E-state index in [9.17, 15) is 38.4 Å². The van der Waals surface area contributed by atoms with E-state index in [1.165, 1.54) is 109 Å². The van der Waals surface area contributed by atoms with Gasteiger partial charge in [0, 0.05) is 61.0 Å². The Bertz CT molecular complexity index is 4120. The molecule has 0 radical (unpaired) electrons. The number of methoxy groups -OCH3 is 1. The number of benzene rings is 7. The van der Waals surface area contributed by atoms with Crippen LogP contribution in [0.3, 0.4) is 0 Å². The Labute approximate surface area is 850 Å². The second kappa shape index (κ2) is 101. The number of hydroxylamine groups is 2. The van der Waals surface area contributed by atoms with E-state index in [-0.39, 0.29) is 64.1 Å². The van der Waals surface area contributed by atoms with Crippen molar-refractivity contribution in [1.29, 1.82) is 0 Å². The number of nitrogens with zero attached hydrogens (tertiary/aromatic N) is 4. The highest BCUT2D eigenvalue weighted by Gasteiger charge is 2.36. The summed E-state index contributed by atoms with van der Waals surface area (Å²) in [4.78, 5) is 95.4. The van der Waals surface area contributed by atoms with E-state index in [2.05, 4.69) is 218 Å². The van der Waals surface area contributed by atoms with Gasteiger partial charge in [-0.3, -0.25) is 24.0 Å². The van der Waals surface area contributed by atoms with E-state index in [0.29, 0.717) is 42.6 Å². The largest absolute Gasteiger partial charge is 0.481 e. The molecule has 1 aliphatic carbocycles. The number of quaternary nitrogens is 2. The number of carboxylic acids is 2. The van der Waals surface area contributed by atoms with Gasteiger partial charge in [-0.05, 0) is 217 Å². The number of ether oxygens (including phenoxy) is 4. The summed E-state index contributed by atoms with van der Waals surface area (Å²) >= 11 is 11.7. The number of thiol groups is 2. The van der Waals surface area contributed by atoms with Crippen molar-refractivity contribution in [2.24, 2.45) is 5.73 Å². The minimum absolute atomic E-state index is 0. The average molecular weight is 1980 g/mol. The quantitative estimate of drug-likeness (QED) is 0.00389. The molecule has 7 aromatic rings. The molecule has 9 rings (SSSR count). The monoisotopic (exact) mass is 1980 g/mol. The first-order valence-electron chi connectivity index (χ1n) is 46.6. The molecule has 1 saturated carbocycles. The Hall–Kier alpha value is -9.50. The maximum atomic E-state index is 11.7. The minimum Gasteiger partial charge on any atom is -0.481 e. The lowest BCUT2D eigenvalue weighted by Gasteiger charge is -2.26. The number of amides is 2. The first kappa shape index (κ1) is 145. The second-order valence-corrected chi connectivity index (χ2v) is 34.8. The van der Waals surface area contributed by atoms with Crippen LogP contribution in [-0.4, -0.2) is 234 Å². The second-order valence-electron chi connectivity index (χ2n) is 32.0. The van der Waals surface area contributed by atoms with Gasteiger partial charge in [0.15, 0.2) is 11.6 Å². The number of aliphatic hydroxyl groups excluding tert-OH is 1. The number of aryl methyl sites for hydroxylation is 7. The summed E-state index contributed by atoms with van der Waals surface area (Å²) in [7, 11) is 16.9. The van der Waals surface area contributed by atoms with Crippen molar-refractivity contribution in [3.63, 3.8) is 0 Å². The smallest absolute Gasteiger partial charge is 0.339 e. The number of carboxylic acid groups (broad SMARTS) is 2. The highest BCUT2D eigenvalue weighted by atomic mass is 32.2. The van der Waals surface area contributed by atoms with Gasteiger partial charge in [-0.1, -0.05) is 250 Å². The molecule has 25 heteroatoms. The molecule has 2 fully saturated rings. The zero-order valence-corrected chi connectivity index (χ0v) is 91.3. The molecule has 137 heavy (non-hydrogen) atoms. The Morgan fingerprint density at radius 2 is 0.956 bits per heavy atom. The van der Waals surface area contributed by atoms with Crippen molar-refractivity contribution in [2.75, 3.05) is 146 Å². The van der Waals surface area contributed by atoms with E-state index in [4.69, 9.17) is 54.5 Å². The molecular formula is C112H179N5O16S4+2. The van der Waals surface area contributed by atoms with Crippen molar-refractivity contribution in [2.45, 2.75) is 237 Å². The highest BCUT2D eigenvalue weighted by molar-refractivity contribution is 7.98. The summed E-state index contributed by atoms with van der Waals surface area (Å²) in [6, 6.07) is 56.1. The average Bonchev–Trinajstić information content (AvgIpc) is 1.70. The van der Waals surface area contributed by atoms with E-state index in [0.717, 1.165) is 61.6 Å². The third-order valence-corrected chi connectivity index (χ3v) is 19.3. The maximum Gasteiger partial charge on any atom is 0.339 e. The highest BCUT2D eigenvalue weighted by Crippen LogP contribution is 2.18. The lowest BCUT2D eigenvalue weighted by Crippen LogP contribution is -2.40. The van der Waals surface area contributed by atoms with Crippen molar-refractivity contribution < 1.29 is 86.4 Å². The van der Waals surface area contributed by atoms with Gasteiger partial charge < -0.3 is 58.7 Å². The topological polar surface area (TPSA) is 276 Å². The normalized spacial score (nSPS) is 10.7. The van der Waals surface area contributed by atoms with Gasteiger partial charge >= 0.3 is 23.9 Å². The third-order valence-electron chi connectivity index (χ3n) is 17.0. The van der Waals surface area contributed by atoms with Crippen molar-refractivity contribution in [1.82, 2.24) is 9.96 Å². The molecule has 2 aliphatic rings. The molecule has 21 nitrogen and oxygen atoms in total. The first-order valence-corrected chi connectivity index (χ1v) is 50.3.